The number of carbonyl (C=O) groups excluding carboxylic acids is 12. The van der Waals surface area contributed by atoms with E-state index in [4.69, 9.17) is 39.6 Å². The quantitative estimate of drug-likeness (QED) is 0.0132. The summed E-state index contributed by atoms with van der Waals surface area (Å²) in [6.45, 7) is 24.3. The highest BCUT2D eigenvalue weighted by molar-refractivity contribution is 5.96. The van der Waals surface area contributed by atoms with Crippen molar-refractivity contribution in [3.05, 3.63) is 138 Å². The molecule has 0 unspecified atom stereocenters. The number of carbonyl (C=O) groups is 13. The van der Waals surface area contributed by atoms with Crippen molar-refractivity contribution in [3.8, 4) is 5.75 Å². The van der Waals surface area contributed by atoms with Gasteiger partial charge >= 0.3 is 36.3 Å². The number of halogens is 2. The molecule has 18 N–H and O–H groups in total. The summed E-state index contributed by atoms with van der Waals surface area (Å²) in [6.07, 6.45) is 7.05. The molecule has 7 heterocycles. The first-order valence-electron chi connectivity index (χ1n) is 48.0. The molecule has 8 fully saturated rings. The highest BCUT2D eigenvalue weighted by atomic mass is 35.5. The van der Waals surface area contributed by atoms with Crippen molar-refractivity contribution in [2.75, 3.05) is 79.9 Å². The number of carboxylic acids is 1. The van der Waals surface area contributed by atoms with E-state index in [1.165, 1.54) is 22.5 Å². The molecule has 16 atom stereocenters. The van der Waals surface area contributed by atoms with E-state index in [0.717, 1.165) is 80.1 Å². The Morgan fingerprint density at radius 1 is 0.475 bits per heavy atom. The predicted molar refractivity (Wildman–Crippen MR) is 531 cm³/mol. The maximum atomic E-state index is 13.2. The molecular weight excluding hydrogens is 1870 g/mol. The van der Waals surface area contributed by atoms with Gasteiger partial charge in [0, 0.05) is 110 Å². The topological polar surface area (TPSA) is 563 Å². The molecule has 13 rings (SSSR count). The molecule has 0 radical (unpaired) electrons. The Hall–Kier alpha value is -10.8. The average molecular weight is 2020 g/mol. The molecule has 9 amide bonds. The number of carboxylic acid groups (broad SMARTS) is 1. The van der Waals surface area contributed by atoms with E-state index in [9.17, 15) is 87.9 Å². The number of amides is 9. The van der Waals surface area contributed by atoms with Crippen molar-refractivity contribution in [1.82, 2.24) is 57.3 Å². The van der Waals surface area contributed by atoms with Crippen molar-refractivity contribution in [1.29, 1.82) is 0 Å². The maximum absolute atomic E-state index is 13.2. The Morgan fingerprint density at radius 3 is 1.30 bits per heavy atom. The van der Waals surface area contributed by atoms with Gasteiger partial charge in [-0.3, -0.25) is 43.4 Å². The first-order chi connectivity index (χ1) is 65.6. The van der Waals surface area contributed by atoms with Crippen LogP contribution in [-0.4, -0.2) is 285 Å². The number of ketones is 2. The number of Topliss-reactive ketones (excluding diaryl/α,β-unsaturated/α-hetero) is 2. The smallest absolute Gasteiger partial charge is 0.410 e. The fourth-order valence-corrected chi connectivity index (χ4v) is 17.6. The molecule has 1 aromatic heterocycles. The van der Waals surface area contributed by atoms with Gasteiger partial charge in [-0.05, 0) is 220 Å². The second-order valence-corrected chi connectivity index (χ2v) is 40.2. The van der Waals surface area contributed by atoms with Crippen molar-refractivity contribution in [2.45, 2.75) is 287 Å². The molecule has 5 aromatic rings. The van der Waals surface area contributed by atoms with E-state index in [2.05, 4.69) is 64.4 Å². The van der Waals surface area contributed by atoms with Crippen LogP contribution in [0.4, 0.5) is 19.2 Å². The van der Waals surface area contributed by atoms with Gasteiger partial charge in [0.25, 0.3) is 0 Å². The van der Waals surface area contributed by atoms with E-state index >= 15 is 0 Å². The molecule has 2 aliphatic carbocycles. The van der Waals surface area contributed by atoms with Crippen LogP contribution in [0.25, 0.3) is 10.9 Å². The number of aliphatic hydroxyl groups excluding tert-OH is 5. The van der Waals surface area contributed by atoms with E-state index in [-0.39, 0.29) is 164 Å². The van der Waals surface area contributed by atoms with Crippen LogP contribution < -0.4 is 53.0 Å². The van der Waals surface area contributed by atoms with Crippen LogP contribution in [0.2, 0.25) is 0 Å². The number of aromatic carboxylic acids is 1. The van der Waals surface area contributed by atoms with Crippen LogP contribution in [0.1, 0.15) is 237 Å². The highest BCUT2D eigenvalue weighted by Gasteiger charge is 2.45. The van der Waals surface area contributed by atoms with E-state index < -0.39 is 95.2 Å². The number of fused-ring (bicyclic) bond motifs is 1. The van der Waals surface area contributed by atoms with Crippen LogP contribution >= 0.6 is 24.8 Å². The van der Waals surface area contributed by atoms with Gasteiger partial charge in [-0.1, -0.05) is 97.1 Å². The number of alkyl carbamates (subject to hydrolysis) is 2. The van der Waals surface area contributed by atoms with Gasteiger partial charge in [-0.25, -0.2) is 28.8 Å². The van der Waals surface area contributed by atoms with Crippen molar-refractivity contribution < 1.29 is 126 Å². The minimum Gasteiger partial charge on any atom is -0.496 e. The van der Waals surface area contributed by atoms with Gasteiger partial charge in [-0.2, -0.15) is 0 Å². The van der Waals surface area contributed by atoms with Crippen molar-refractivity contribution in [2.24, 2.45) is 35.3 Å². The Labute approximate surface area is 838 Å². The molecule has 40 heteroatoms. The van der Waals surface area contributed by atoms with Gasteiger partial charge in [0.1, 0.15) is 57.5 Å². The Morgan fingerprint density at radius 2 is 0.894 bits per heavy atom. The third kappa shape index (κ3) is 40.8. The van der Waals surface area contributed by atoms with Crippen molar-refractivity contribution in [3.63, 3.8) is 0 Å². The number of aromatic nitrogens is 1. The second kappa shape index (κ2) is 58.1. The van der Waals surface area contributed by atoms with Gasteiger partial charge in [0.2, 0.25) is 29.5 Å². The SMILES string of the molecule is CC(C)(C)OC(=O)N1C[C@H](c2ccccc2)C[C@H]1C(=O)N[C@H](CO)C[C@@H]1CCCC1=O.CC(C)(C)OC(=O)N1C[C@H](c2ccccc2)C[C@H]1C(O)O.CC(C)(C)OC(=O)N[C@H](CO)C[C@@H]1CCNC1=O.COC(=O)[C@H](C[C@@H]1CCNC1=O)NC(=O)OC(C)(C)C.COc1cccc2[nH]c(C(=O)O)cc12.Cl.Cl.N[C@H](CO)C[C@@H]1CCNC1=O.O=C1CCC[C@H]1C[C@@H](CO)NC(=O)[C@@H]1C[C@@H](c2ccccc2)CN1. The molecular formula is C101H152Cl2N12O26. The second-order valence-electron chi connectivity index (χ2n) is 40.2. The van der Waals surface area contributed by atoms with Crippen LogP contribution in [0.5, 0.6) is 5.75 Å². The first-order valence-corrected chi connectivity index (χ1v) is 48.0. The molecule has 38 nitrogen and oxygen atoms in total. The molecule has 141 heavy (non-hydrogen) atoms. The Bertz CT molecular complexity index is 4800. The molecule has 6 saturated heterocycles. The standard InChI is InChI=1S/C24H34N2O5.C19H26N2O3.C16H23NO4.C13H22N2O5.C12H22N2O4.C10H9NO3.C7H14N2O2.2ClH/c1-24(2,3)31-23(30)26-14-18(16-8-5-4-6-9-16)13-20(26)22(29)25-19(15-27)12-17-10-7-11-21(17)28;22-12-16(9-14-7-4-8-18(14)23)21-19(24)17-10-15(11-20-17)13-5-2-1-3-6-13;1-16(2,3)21-15(20)17-10-12(9-13(17)14(18)19)11-7-5-4-6-8-11;1-13(2,3)20-12(18)15-9(11(17)19-4)7-8-5-6-14-10(8)16;1-12(2,3)18-11(17)14-9(7-15)6-8-4-5-13-10(8)16;1-14-9-4-2-3-7-6(9)5-8(11-7)10(12)13;8-6(4-10)3-5-1-2-9-7(5)11;;/h4-6,8-9,17-20,27H,7,10-15H2,1-3H3,(H,25,29);1-3,5-6,14-17,20,22H,4,7-12H2,(H,21,24);4-8,12-14,18-19H,9-10H2,1-3H3;8-9H,5-7H2,1-4H3,(H,14,16)(H,15,18);8-9,15H,4-7H2,1-3H3,(H,13,16)(H,14,17);2-5,11H,1H3,(H,12,13);5-6,10H,1-4,8H2,(H,9,11);2*1H/t17-,18+,19-,20-;14-,15+,16-,17-;12-,13+;2*8-,9-;;5-,6-;;/m00100.0../s1. The average Bonchev–Trinajstić information content (AvgIpc) is 1.67. The number of nitrogens with one attached hydrogen (secondary N) is 9. The largest absolute Gasteiger partial charge is 0.496 e. The van der Waals surface area contributed by atoms with Crippen molar-refractivity contribution >= 4 is 113 Å². The third-order valence-corrected chi connectivity index (χ3v) is 24.5. The highest BCUT2D eigenvalue weighted by Crippen LogP contribution is 2.37. The minimum absolute atomic E-state index is 0. The lowest BCUT2D eigenvalue weighted by atomic mass is 9.95. The number of likely N-dealkylation sites (tertiary alicyclic amines) is 2. The minimum atomic E-state index is -1.56. The molecule has 6 aliphatic heterocycles. The van der Waals surface area contributed by atoms with E-state index in [0.29, 0.717) is 95.6 Å². The molecule has 4 aromatic carbocycles. The van der Waals surface area contributed by atoms with E-state index in [1.54, 1.807) is 102 Å². The summed E-state index contributed by atoms with van der Waals surface area (Å²) in [5.74, 6) is -0.918. The summed E-state index contributed by atoms with van der Waals surface area (Å²) in [7, 11) is 2.79. The number of hydrogen-bond donors (Lipinski definition) is 17. The summed E-state index contributed by atoms with van der Waals surface area (Å²) >= 11 is 0. The van der Waals surface area contributed by atoms with Gasteiger partial charge in [-0.15, -0.1) is 24.8 Å². The number of benzene rings is 4. The number of nitrogens with two attached hydrogens (primary N) is 1. The summed E-state index contributed by atoms with van der Waals surface area (Å²) in [6, 6.07) is 32.8. The number of rotatable bonds is 27. The zero-order valence-corrected chi connectivity index (χ0v) is 85.2. The number of methoxy groups -OCH3 is 2. The number of ether oxygens (including phenoxy) is 6. The summed E-state index contributed by atoms with van der Waals surface area (Å²) in [4.78, 5) is 160. The van der Waals surface area contributed by atoms with Crippen LogP contribution in [-0.2, 0) is 62.0 Å². The predicted octanol–water partition coefficient (Wildman–Crippen LogP) is 9.00. The fraction of sp³-hybridized carbons (Fsp3) is 0.614. The fourth-order valence-electron chi connectivity index (χ4n) is 17.6. The zero-order valence-electron chi connectivity index (χ0n) is 83.6. The number of aliphatic hydroxyl groups is 6. The zero-order chi connectivity index (χ0) is 103. The molecule has 786 valence electrons. The van der Waals surface area contributed by atoms with Crippen LogP contribution in [0, 0.1) is 29.6 Å². The molecule has 0 bridgehead atoms. The maximum Gasteiger partial charge on any atom is 0.410 e. The lowest BCUT2D eigenvalue weighted by Crippen LogP contribution is -2.51. The number of esters is 1. The Balaban J connectivity index is 0.000000295. The normalized spacial score (nSPS) is 22.3. The molecule has 2 saturated carbocycles. The number of aromatic amines is 1. The summed E-state index contributed by atoms with van der Waals surface area (Å²) in [5, 5.41) is 88.1. The Kier molecular flexibility index (Phi) is 49.7. The number of H-pyrrole nitrogens is 1. The van der Waals surface area contributed by atoms with Gasteiger partial charge in [0.15, 0.2) is 6.29 Å². The number of hydrogen-bond acceptors (Lipinski definition) is 27. The van der Waals surface area contributed by atoms with Gasteiger partial charge in [0.05, 0.1) is 70.9 Å². The third-order valence-electron chi connectivity index (χ3n) is 24.5. The summed E-state index contributed by atoms with van der Waals surface area (Å²) in [5.41, 5.74) is 7.33. The molecule has 8 aliphatic rings. The summed E-state index contributed by atoms with van der Waals surface area (Å²) < 4.78 is 30.9. The number of nitrogens with zero attached hydrogens (tertiary/aromatic N) is 2. The monoisotopic (exact) mass is 2020 g/mol. The van der Waals surface area contributed by atoms with Crippen LogP contribution in [0.3, 0.4) is 0 Å². The van der Waals surface area contributed by atoms with Crippen LogP contribution in [0.15, 0.2) is 115 Å². The van der Waals surface area contributed by atoms with Gasteiger partial charge < -0.3 is 117 Å². The van der Waals surface area contributed by atoms with E-state index in [1.807, 2.05) is 91.0 Å². The molecule has 0 spiro atoms. The lowest BCUT2D eigenvalue weighted by molar-refractivity contribution is -0.144. The first kappa shape index (κ1) is 121. The lowest BCUT2D eigenvalue weighted by Gasteiger charge is -2.29.